The lowest BCUT2D eigenvalue weighted by atomic mass is 9.82. The van der Waals surface area contributed by atoms with Crippen molar-refractivity contribution >= 4 is 63.8 Å². The third-order valence-electron chi connectivity index (χ3n) is 7.42. The molecule has 0 saturated carbocycles. The van der Waals surface area contributed by atoms with Gasteiger partial charge in [-0.2, -0.15) is 13.2 Å². The quantitative estimate of drug-likeness (QED) is 0.254. The standard InChI is InChI=1S/C30H21ClF3N3O5S2/c1-42-20-9-5-2-6-17(20)22-23-24(27(40)37(26(23)39)16-12-10-15(31)11-13-16)43-28-25(22)44-29(41)36(28)14-21(38)35-19-8-4-3-7-18(19)30(32,33)34/h2-13,22-24H,14H2,1H3,(H,35,38)/t22-,23-,24+/m0/s1. The number of methoxy groups -OCH3 is 1. The summed E-state index contributed by atoms with van der Waals surface area (Å²) in [6.07, 6.45) is -4.71. The summed E-state index contributed by atoms with van der Waals surface area (Å²) in [6, 6.07) is 17.7. The van der Waals surface area contributed by atoms with Gasteiger partial charge < -0.3 is 10.1 Å². The molecule has 3 heterocycles. The highest BCUT2D eigenvalue weighted by Crippen LogP contribution is 2.55. The number of hydrogen-bond donors (Lipinski definition) is 1. The Morgan fingerprint density at radius 3 is 2.36 bits per heavy atom. The molecule has 4 aromatic rings. The van der Waals surface area contributed by atoms with E-state index >= 15 is 0 Å². The Kier molecular flexibility index (Phi) is 7.80. The number of thiazole rings is 1. The molecule has 1 fully saturated rings. The van der Waals surface area contributed by atoms with E-state index in [1.807, 2.05) is 0 Å². The number of thioether (sulfide) groups is 1. The van der Waals surface area contributed by atoms with Crippen LogP contribution in [0.4, 0.5) is 24.5 Å². The number of benzene rings is 3. The lowest BCUT2D eigenvalue weighted by molar-refractivity contribution is -0.137. The minimum absolute atomic E-state index is 0.288. The highest BCUT2D eigenvalue weighted by Gasteiger charge is 2.57. The summed E-state index contributed by atoms with van der Waals surface area (Å²) in [4.78, 5) is 55.2. The van der Waals surface area contributed by atoms with Gasteiger partial charge in [0.1, 0.15) is 17.5 Å². The number of carbonyl (C=O) groups is 3. The average molecular weight is 660 g/mol. The van der Waals surface area contributed by atoms with Gasteiger partial charge in [-0.25, -0.2) is 4.90 Å². The number of anilines is 2. The summed E-state index contributed by atoms with van der Waals surface area (Å²) in [5.41, 5.74) is -0.569. The first kappa shape index (κ1) is 30.0. The van der Waals surface area contributed by atoms with Gasteiger partial charge in [-0.05, 0) is 42.5 Å². The maximum Gasteiger partial charge on any atom is 0.418 e. The summed E-state index contributed by atoms with van der Waals surface area (Å²) in [7, 11) is 1.47. The number of hydrogen-bond acceptors (Lipinski definition) is 7. The Bertz CT molecular complexity index is 1860. The molecule has 6 rings (SSSR count). The van der Waals surface area contributed by atoms with Crippen molar-refractivity contribution < 1.29 is 32.3 Å². The predicted molar refractivity (Wildman–Crippen MR) is 161 cm³/mol. The molecule has 14 heteroatoms. The number of nitrogens with zero attached hydrogens (tertiary/aromatic N) is 2. The van der Waals surface area contributed by atoms with Gasteiger partial charge in [0.2, 0.25) is 17.7 Å². The van der Waals surface area contributed by atoms with Gasteiger partial charge in [-0.3, -0.25) is 23.7 Å². The van der Waals surface area contributed by atoms with E-state index in [9.17, 15) is 32.3 Å². The Morgan fingerprint density at radius 2 is 1.66 bits per heavy atom. The van der Waals surface area contributed by atoms with Crippen LogP contribution in [0, 0.1) is 5.92 Å². The van der Waals surface area contributed by atoms with Crippen LogP contribution in [0.1, 0.15) is 21.9 Å². The van der Waals surface area contributed by atoms with Crippen molar-refractivity contribution in [1.82, 2.24) is 4.57 Å². The van der Waals surface area contributed by atoms with Crippen molar-refractivity contribution in [3.8, 4) is 5.75 Å². The van der Waals surface area contributed by atoms with Gasteiger partial charge in [-0.1, -0.05) is 65.0 Å². The van der Waals surface area contributed by atoms with E-state index in [0.29, 0.717) is 26.9 Å². The number of alkyl halides is 3. The molecule has 8 nitrogen and oxygen atoms in total. The molecule has 226 valence electrons. The smallest absolute Gasteiger partial charge is 0.418 e. The summed E-state index contributed by atoms with van der Waals surface area (Å²) in [5.74, 6) is -3.09. The van der Waals surface area contributed by atoms with E-state index in [4.69, 9.17) is 16.3 Å². The molecule has 2 aliphatic heterocycles. The molecule has 2 aliphatic rings. The SMILES string of the molecule is COc1ccccc1[C@@H]1c2sc(=O)n(CC(=O)Nc3ccccc3C(F)(F)F)c2S[C@H]2C(=O)N(c3ccc(Cl)cc3)C(=O)[C@@H]12. The number of imide groups is 1. The Morgan fingerprint density at radius 1 is 0.977 bits per heavy atom. The fraction of sp³-hybridized carbons (Fsp3) is 0.200. The molecule has 3 atom stereocenters. The summed E-state index contributed by atoms with van der Waals surface area (Å²) >= 11 is 7.83. The zero-order chi connectivity index (χ0) is 31.3. The molecule has 3 amide bonds. The molecule has 1 aromatic heterocycles. The first-order valence-corrected chi connectivity index (χ1v) is 15.2. The first-order valence-electron chi connectivity index (χ1n) is 13.1. The van der Waals surface area contributed by atoms with Crippen LogP contribution >= 0.6 is 34.7 Å². The monoisotopic (exact) mass is 659 g/mol. The third-order valence-corrected chi connectivity index (χ3v) is 10.3. The topological polar surface area (TPSA) is 97.7 Å². The number of carbonyl (C=O) groups excluding carboxylic acids is 3. The van der Waals surface area contributed by atoms with Gasteiger partial charge in [0.05, 0.1) is 35.0 Å². The molecule has 0 unspecified atom stereocenters. The predicted octanol–water partition coefficient (Wildman–Crippen LogP) is 6.03. The second-order valence-corrected chi connectivity index (χ2v) is 12.5. The number of nitrogens with one attached hydrogen (secondary N) is 1. The van der Waals surface area contributed by atoms with Crippen molar-refractivity contribution in [3.05, 3.63) is 103 Å². The minimum Gasteiger partial charge on any atom is -0.496 e. The van der Waals surface area contributed by atoms with Crippen LogP contribution in [-0.2, 0) is 27.1 Å². The molecular weight excluding hydrogens is 639 g/mol. The Balaban J connectivity index is 1.42. The zero-order valence-electron chi connectivity index (χ0n) is 22.6. The highest BCUT2D eigenvalue weighted by atomic mass is 35.5. The third kappa shape index (κ3) is 5.18. The average Bonchev–Trinajstić information content (AvgIpc) is 3.43. The van der Waals surface area contributed by atoms with E-state index in [2.05, 4.69) is 5.32 Å². The van der Waals surface area contributed by atoms with Crippen molar-refractivity contribution in [1.29, 1.82) is 0 Å². The molecule has 3 aromatic carbocycles. The second-order valence-electron chi connectivity index (χ2n) is 9.99. The number of aromatic nitrogens is 1. The molecule has 0 radical (unpaired) electrons. The summed E-state index contributed by atoms with van der Waals surface area (Å²) < 4.78 is 47.3. The molecule has 0 bridgehead atoms. The minimum atomic E-state index is -4.71. The normalized spacial score (nSPS) is 19.5. The molecule has 0 aliphatic carbocycles. The summed E-state index contributed by atoms with van der Waals surface area (Å²) in [6.45, 7) is -0.608. The number of rotatable bonds is 6. The zero-order valence-corrected chi connectivity index (χ0v) is 25.0. The highest BCUT2D eigenvalue weighted by molar-refractivity contribution is 8.00. The van der Waals surface area contributed by atoms with E-state index in [-0.39, 0.29) is 5.03 Å². The number of para-hydroxylation sites is 2. The van der Waals surface area contributed by atoms with Crippen LogP contribution in [0.2, 0.25) is 5.02 Å². The lowest BCUT2D eigenvalue weighted by Gasteiger charge is -2.31. The van der Waals surface area contributed by atoms with Crippen LogP contribution in [-0.4, -0.2) is 34.6 Å². The first-order chi connectivity index (χ1) is 21.0. The fourth-order valence-electron chi connectivity index (χ4n) is 5.53. The maximum absolute atomic E-state index is 14.0. The maximum atomic E-state index is 14.0. The Hall–Kier alpha value is -4.07. The fourth-order valence-corrected chi connectivity index (χ4v) is 8.42. The molecule has 0 spiro atoms. The number of ether oxygens (including phenoxy) is 1. The van der Waals surface area contributed by atoms with Gasteiger partial charge in [0.25, 0.3) is 0 Å². The van der Waals surface area contributed by atoms with Crippen LogP contribution < -0.4 is 19.8 Å². The van der Waals surface area contributed by atoms with E-state index in [0.717, 1.165) is 44.7 Å². The van der Waals surface area contributed by atoms with Crippen LogP contribution in [0.3, 0.4) is 0 Å². The molecule has 44 heavy (non-hydrogen) atoms. The van der Waals surface area contributed by atoms with Gasteiger partial charge in [-0.15, -0.1) is 0 Å². The molecule has 1 N–H and O–H groups in total. The molecule has 1 saturated heterocycles. The molecular formula is C30H21ClF3N3O5S2. The number of amides is 3. The van der Waals surface area contributed by atoms with Crippen molar-refractivity contribution in [3.63, 3.8) is 0 Å². The van der Waals surface area contributed by atoms with Crippen molar-refractivity contribution in [2.45, 2.75) is 28.9 Å². The van der Waals surface area contributed by atoms with Crippen molar-refractivity contribution in [2.75, 3.05) is 17.3 Å². The largest absolute Gasteiger partial charge is 0.496 e. The lowest BCUT2D eigenvalue weighted by Crippen LogP contribution is -2.33. The number of halogens is 4. The van der Waals surface area contributed by atoms with E-state index in [1.165, 1.54) is 19.2 Å². The van der Waals surface area contributed by atoms with E-state index in [1.54, 1.807) is 48.5 Å². The van der Waals surface area contributed by atoms with Crippen LogP contribution in [0.15, 0.2) is 82.6 Å². The second kappa shape index (κ2) is 11.5. The van der Waals surface area contributed by atoms with Crippen LogP contribution in [0.25, 0.3) is 0 Å². The van der Waals surface area contributed by atoms with Gasteiger partial charge in [0.15, 0.2) is 0 Å². The number of fused-ring (bicyclic) bond motifs is 2. The Labute approximate surface area is 261 Å². The van der Waals surface area contributed by atoms with E-state index < -0.39 is 63.7 Å². The van der Waals surface area contributed by atoms with Gasteiger partial charge >= 0.3 is 11.0 Å². The van der Waals surface area contributed by atoms with Crippen LogP contribution in [0.5, 0.6) is 5.75 Å². The van der Waals surface area contributed by atoms with Gasteiger partial charge in [0, 0.05) is 21.4 Å². The van der Waals surface area contributed by atoms with Crippen molar-refractivity contribution in [2.24, 2.45) is 5.92 Å². The summed E-state index contributed by atoms with van der Waals surface area (Å²) in [5, 5.41) is 2.01.